The maximum Gasteiger partial charge on any atom is 0.0632 e. The lowest BCUT2D eigenvalue weighted by atomic mass is 10.1. The van der Waals surface area contributed by atoms with Crippen molar-refractivity contribution in [3.8, 4) is 0 Å². The monoisotopic (exact) mass is 214 g/mol. The number of morpholine rings is 1. The van der Waals surface area contributed by atoms with Crippen molar-refractivity contribution >= 4 is 0 Å². The van der Waals surface area contributed by atoms with Gasteiger partial charge in [-0.2, -0.15) is 0 Å². The lowest BCUT2D eigenvalue weighted by Crippen LogP contribution is -2.48. The summed E-state index contributed by atoms with van der Waals surface area (Å²) < 4.78 is 10.6. The zero-order valence-electron chi connectivity index (χ0n) is 9.58. The van der Waals surface area contributed by atoms with Crippen molar-refractivity contribution in [2.24, 2.45) is 5.92 Å². The molecular weight excluding hydrogens is 192 g/mol. The Kier molecular flexibility index (Phi) is 4.38. The number of hydrogen-bond donors (Lipinski definition) is 1. The van der Waals surface area contributed by atoms with Crippen LogP contribution in [0.3, 0.4) is 0 Å². The molecule has 0 saturated carbocycles. The Balaban J connectivity index is 1.67. The Morgan fingerprint density at radius 1 is 1.53 bits per heavy atom. The van der Waals surface area contributed by atoms with Crippen LogP contribution in [0.25, 0.3) is 0 Å². The normalized spacial score (nSPS) is 33.4. The first-order valence-corrected chi connectivity index (χ1v) is 5.91. The summed E-state index contributed by atoms with van der Waals surface area (Å²) in [5, 5.41) is 3.49. The average Bonchev–Trinajstić information content (AvgIpc) is 2.68. The van der Waals surface area contributed by atoms with Gasteiger partial charge < -0.3 is 19.7 Å². The first kappa shape index (κ1) is 11.3. The zero-order valence-corrected chi connectivity index (χ0v) is 9.58. The first-order valence-electron chi connectivity index (χ1n) is 5.91. The van der Waals surface area contributed by atoms with Crippen LogP contribution in [0.2, 0.25) is 0 Å². The number of ether oxygens (including phenoxy) is 2. The van der Waals surface area contributed by atoms with Crippen molar-refractivity contribution < 1.29 is 9.47 Å². The molecule has 1 N–H and O–H groups in total. The summed E-state index contributed by atoms with van der Waals surface area (Å²) in [4.78, 5) is 2.52. The molecule has 2 fully saturated rings. The summed E-state index contributed by atoms with van der Waals surface area (Å²) in [6.07, 6.45) is 1.28. The van der Waals surface area contributed by atoms with Crippen LogP contribution in [0.4, 0.5) is 0 Å². The summed E-state index contributed by atoms with van der Waals surface area (Å²) >= 11 is 0. The molecule has 2 atom stereocenters. The third-order valence-corrected chi connectivity index (χ3v) is 3.25. The highest BCUT2D eigenvalue weighted by atomic mass is 16.5. The lowest BCUT2D eigenvalue weighted by molar-refractivity contribution is 0.0638. The second-order valence-electron chi connectivity index (χ2n) is 4.60. The maximum atomic E-state index is 5.45. The van der Waals surface area contributed by atoms with Crippen LogP contribution in [0.5, 0.6) is 0 Å². The van der Waals surface area contributed by atoms with E-state index in [9.17, 15) is 0 Å². The standard InChI is InChI=1S/C11H22N2O2/c1-14-8-10-2-4-13(6-10)7-11-9-15-5-3-12-11/h10-12H,2-9H2,1H3. The summed E-state index contributed by atoms with van der Waals surface area (Å²) in [5.41, 5.74) is 0. The molecule has 0 spiro atoms. The van der Waals surface area contributed by atoms with Gasteiger partial charge in [-0.05, 0) is 18.9 Å². The highest BCUT2D eigenvalue weighted by Gasteiger charge is 2.25. The molecule has 2 saturated heterocycles. The summed E-state index contributed by atoms with van der Waals surface area (Å²) in [6.45, 7) is 7.16. The van der Waals surface area contributed by atoms with E-state index in [1.54, 1.807) is 7.11 Å². The van der Waals surface area contributed by atoms with Gasteiger partial charge >= 0.3 is 0 Å². The van der Waals surface area contributed by atoms with Crippen LogP contribution in [-0.4, -0.2) is 64.1 Å². The average molecular weight is 214 g/mol. The minimum Gasteiger partial charge on any atom is -0.384 e. The summed E-state index contributed by atoms with van der Waals surface area (Å²) in [7, 11) is 1.79. The van der Waals surface area contributed by atoms with E-state index >= 15 is 0 Å². The predicted molar refractivity (Wildman–Crippen MR) is 59.0 cm³/mol. The molecule has 0 amide bonds. The van der Waals surface area contributed by atoms with Gasteiger partial charge in [0.2, 0.25) is 0 Å². The van der Waals surface area contributed by atoms with E-state index in [0.717, 1.165) is 38.8 Å². The quantitative estimate of drug-likeness (QED) is 0.711. The molecule has 0 bridgehead atoms. The van der Waals surface area contributed by atoms with Crippen LogP contribution in [-0.2, 0) is 9.47 Å². The fourth-order valence-electron chi connectivity index (χ4n) is 2.50. The van der Waals surface area contributed by atoms with Crippen LogP contribution >= 0.6 is 0 Å². The van der Waals surface area contributed by atoms with E-state index in [-0.39, 0.29) is 0 Å². The van der Waals surface area contributed by atoms with Gasteiger partial charge in [0.1, 0.15) is 0 Å². The number of hydrogen-bond acceptors (Lipinski definition) is 4. The Morgan fingerprint density at radius 2 is 2.47 bits per heavy atom. The second-order valence-corrected chi connectivity index (χ2v) is 4.60. The largest absolute Gasteiger partial charge is 0.384 e. The molecule has 4 nitrogen and oxygen atoms in total. The number of rotatable bonds is 4. The molecule has 2 unspecified atom stereocenters. The molecule has 0 aliphatic carbocycles. The summed E-state index contributed by atoms with van der Waals surface area (Å²) in [5.74, 6) is 0.736. The van der Waals surface area contributed by atoms with Gasteiger partial charge in [-0.3, -0.25) is 0 Å². The molecule has 0 radical (unpaired) electrons. The van der Waals surface area contributed by atoms with E-state index in [1.807, 2.05) is 0 Å². The van der Waals surface area contributed by atoms with Gasteiger partial charge in [-0.15, -0.1) is 0 Å². The molecule has 2 heterocycles. The third-order valence-electron chi connectivity index (χ3n) is 3.25. The Morgan fingerprint density at radius 3 is 3.20 bits per heavy atom. The van der Waals surface area contributed by atoms with Gasteiger partial charge in [0.25, 0.3) is 0 Å². The van der Waals surface area contributed by atoms with Crippen LogP contribution in [0.1, 0.15) is 6.42 Å². The van der Waals surface area contributed by atoms with Crippen molar-refractivity contribution in [3.63, 3.8) is 0 Å². The number of nitrogens with zero attached hydrogens (tertiary/aromatic N) is 1. The molecule has 0 aromatic carbocycles. The Labute approximate surface area is 91.9 Å². The van der Waals surface area contributed by atoms with E-state index in [1.165, 1.54) is 19.5 Å². The van der Waals surface area contributed by atoms with Crippen molar-refractivity contribution in [2.45, 2.75) is 12.5 Å². The molecule has 2 rings (SSSR count). The van der Waals surface area contributed by atoms with Crippen molar-refractivity contribution in [1.82, 2.24) is 10.2 Å². The van der Waals surface area contributed by atoms with Gasteiger partial charge in [-0.25, -0.2) is 0 Å². The molecule has 15 heavy (non-hydrogen) atoms. The Bertz CT molecular complexity index is 183. The van der Waals surface area contributed by atoms with E-state index < -0.39 is 0 Å². The van der Waals surface area contributed by atoms with E-state index in [4.69, 9.17) is 9.47 Å². The fraction of sp³-hybridized carbons (Fsp3) is 1.00. The molecule has 4 heteroatoms. The predicted octanol–water partition coefficient (Wildman–Crippen LogP) is -0.0569. The first-order chi connectivity index (χ1) is 7.38. The van der Waals surface area contributed by atoms with E-state index in [0.29, 0.717) is 6.04 Å². The molecule has 0 aromatic heterocycles. The smallest absolute Gasteiger partial charge is 0.0632 e. The number of likely N-dealkylation sites (tertiary alicyclic amines) is 1. The molecule has 2 aliphatic rings. The molecular formula is C11H22N2O2. The lowest BCUT2D eigenvalue weighted by Gasteiger charge is -2.28. The van der Waals surface area contributed by atoms with Crippen LogP contribution in [0.15, 0.2) is 0 Å². The van der Waals surface area contributed by atoms with Gasteiger partial charge in [0.05, 0.1) is 19.8 Å². The fourth-order valence-corrected chi connectivity index (χ4v) is 2.50. The summed E-state index contributed by atoms with van der Waals surface area (Å²) in [6, 6.07) is 0.528. The highest BCUT2D eigenvalue weighted by Crippen LogP contribution is 2.16. The van der Waals surface area contributed by atoms with Crippen molar-refractivity contribution in [3.05, 3.63) is 0 Å². The van der Waals surface area contributed by atoms with Gasteiger partial charge in [-0.1, -0.05) is 0 Å². The number of methoxy groups -OCH3 is 1. The van der Waals surface area contributed by atoms with Crippen molar-refractivity contribution in [1.29, 1.82) is 0 Å². The van der Waals surface area contributed by atoms with Crippen LogP contribution < -0.4 is 5.32 Å². The molecule has 0 aromatic rings. The number of nitrogens with one attached hydrogen (secondary N) is 1. The second kappa shape index (κ2) is 5.80. The highest BCUT2D eigenvalue weighted by molar-refractivity contribution is 4.81. The van der Waals surface area contributed by atoms with Crippen molar-refractivity contribution in [2.75, 3.05) is 53.1 Å². The Hall–Kier alpha value is -0.160. The van der Waals surface area contributed by atoms with Gasteiger partial charge in [0.15, 0.2) is 0 Å². The van der Waals surface area contributed by atoms with Crippen LogP contribution in [0, 0.1) is 5.92 Å². The van der Waals surface area contributed by atoms with E-state index in [2.05, 4.69) is 10.2 Å². The zero-order chi connectivity index (χ0) is 10.5. The third kappa shape index (κ3) is 3.41. The SMILES string of the molecule is COCC1CCN(CC2COCCN2)C1. The topological polar surface area (TPSA) is 33.7 Å². The molecule has 88 valence electrons. The minimum absolute atomic E-state index is 0.528. The minimum atomic E-state index is 0.528. The molecule has 2 aliphatic heterocycles. The maximum absolute atomic E-state index is 5.45. The van der Waals surface area contributed by atoms with Gasteiger partial charge in [0, 0.05) is 32.8 Å².